The van der Waals surface area contributed by atoms with E-state index in [1.54, 1.807) is 0 Å². The van der Waals surface area contributed by atoms with Crippen LogP contribution >= 0.6 is 0 Å². The Hall–Kier alpha value is -0.860. The summed E-state index contributed by atoms with van der Waals surface area (Å²) in [7, 11) is 0. The van der Waals surface area contributed by atoms with Crippen LogP contribution in [-0.2, 0) is 0 Å². The molecule has 0 aromatic heterocycles. The van der Waals surface area contributed by atoms with E-state index in [9.17, 15) is 5.11 Å². The fourth-order valence-corrected chi connectivity index (χ4v) is 3.32. The van der Waals surface area contributed by atoms with Gasteiger partial charge in [0.05, 0.1) is 6.10 Å². The number of aryl methyl sites for hydroxylation is 1. The molecule has 1 aliphatic rings. The van der Waals surface area contributed by atoms with Crippen molar-refractivity contribution in [3.63, 3.8) is 0 Å². The van der Waals surface area contributed by atoms with Gasteiger partial charge < -0.3 is 5.11 Å². The number of aliphatic hydroxyl groups is 1. The maximum atomic E-state index is 10.5. The largest absolute Gasteiger partial charge is 0.387 e. The van der Waals surface area contributed by atoms with Gasteiger partial charge >= 0.3 is 0 Å². The summed E-state index contributed by atoms with van der Waals surface area (Å²) in [4.78, 5) is 2.52. The van der Waals surface area contributed by atoms with E-state index < -0.39 is 0 Å². The van der Waals surface area contributed by atoms with Gasteiger partial charge in [-0.3, -0.25) is 4.90 Å². The zero-order valence-electron chi connectivity index (χ0n) is 13.2. The van der Waals surface area contributed by atoms with Crippen LogP contribution in [0.2, 0.25) is 0 Å². The first kappa shape index (κ1) is 15.5. The van der Waals surface area contributed by atoms with Crippen molar-refractivity contribution in [1.29, 1.82) is 0 Å². The van der Waals surface area contributed by atoms with Crippen molar-refractivity contribution in [2.24, 2.45) is 5.92 Å². The number of nitrogens with zero attached hydrogens (tertiary/aromatic N) is 1. The minimum atomic E-state index is -0.366. The summed E-state index contributed by atoms with van der Waals surface area (Å²) in [6.07, 6.45) is 4.93. The van der Waals surface area contributed by atoms with Gasteiger partial charge in [-0.1, -0.05) is 56.5 Å². The molecular weight excluding hydrogens is 246 g/mol. The molecule has 1 N–H and O–H groups in total. The van der Waals surface area contributed by atoms with E-state index in [0.717, 1.165) is 18.7 Å². The maximum Gasteiger partial charge on any atom is 0.0917 e. The number of aliphatic hydroxyl groups excluding tert-OH is 1. The Kier molecular flexibility index (Phi) is 5.62. The molecule has 1 unspecified atom stereocenters. The molecule has 112 valence electrons. The first-order valence-electron chi connectivity index (χ1n) is 8.05. The molecule has 0 saturated heterocycles. The van der Waals surface area contributed by atoms with E-state index in [0.29, 0.717) is 12.0 Å². The summed E-state index contributed by atoms with van der Waals surface area (Å²) >= 11 is 0. The van der Waals surface area contributed by atoms with Crippen LogP contribution in [-0.4, -0.2) is 29.1 Å². The average Bonchev–Trinajstić information content (AvgIpc) is 2.91. The molecule has 1 saturated carbocycles. The fraction of sp³-hybridized carbons (Fsp3) is 0.667. The lowest BCUT2D eigenvalue weighted by atomic mass is 10.0. The zero-order chi connectivity index (χ0) is 14.5. The number of hydrogen-bond donors (Lipinski definition) is 1. The molecule has 2 heteroatoms. The zero-order valence-corrected chi connectivity index (χ0v) is 13.2. The van der Waals surface area contributed by atoms with Crippen LogP contribution in [0.3, 0.4) is 0 Å². The van der Waals surface area contributed by atoms with Crippen LogP contribution in [0.15, 0.2) is 24.3 Å². The quantitative estimate of drug-likeness (QED) is 0.850. The summed E-state index contributed by atoms with van der Waals surface area (Å²) in [5.74, 6) is 0.653. The van der Waals surface area contributed by atoms with Crippen LogP contribution in [0.5, 0.6) is 0 Å². The third kappa shape index (κ3) is 4.32. The van der Waals surface area contributed by atoms with Gasteiger partial charge in [-0.25, -0.2) is 0 Å². The molecule has 0 aliphatic heterocycles. The predicted octanol–water partition coefficient (Wildman–Crippen LogP) is 3.93. The molecule has 1 atom stereocenters. The third-order valence-corrected chi connectivity index (χ3v) is 4.28. The van der Waals surface area contributed by atoms with Gasteiger partial charge in [0.1, 0.15) is 0 Å². The van der Waals surface area contributed by atoms with Crippen LogP contribution in [0.1, 0.15) is 56.8 Å². The molecule has 0 heterocycles. The molecule has 1 aromatic carbocycles. The number of hydrogen-bond acceptors (Lipinski definition) is 2. The Morgan fingerprint density at radius 3 is 2.50 bits per heavy atom. The normalized spacial score (nSPS) is 18.1. The third-order valence-electron chi connectivity index (χ3n) is 4.28. The molecular formula is C18H29NO. The molecule has 0 amide bonds. The molecule has 2 rings (SSSR count). The van der Waals surface area contributed by atoms with Crippen molar-refractivity contribution in [3.05, 3.63) is 35.4 Å². The lowest BCUT2D eigenvalue weighted by Gasteiger charge is -2.32. The van der Waals surface area contributed by atoms with Gasteiger partial charge in [0, 0.05) is 19.1 Å². The topological polar surface area (TPSA) is 23.5 Å². The van der Waals surface area contributed by atoms with E-state index in [4.69, 9.17) is 0 Å². The number of rotatable bonds is 6. The molecule has 1 aliphatic carbocycles. The van der Waals surface area contributed by atoms with Crippen LogP contribution in [0.4, 0.5) is 0 Å². The summed E-state index contributed by atoms with van der Waals surface area (Å²) in [6.45, 7) is 8.47. The monoisotopic (exact) mass is 275 g/mol. The predicted molar refractivity (Wildman–Crippen MR) is 84.8 cm³/mol. The summed E-state index contributed by atoms with van der Waals surface area (Å²) in [5, 5.41) is 10.5. The van der Waals surface area contributed by atoms with Gasteiger partial charge in [0.15, 0.2) is 0 Å². The van der Waals surface area contributed by atoms with Crippen LogP contribution in [0.25, 0.3) is 0 Å². The van der Waals surface area contributed by atoms with Crippen LogP contribution < -0.4 is 0 Å². The Labute approximate surface area is 123 Å². The van der Waals surface area contributed by atoms with Gasteiger partial charge in [-0.2, -0.15) is 0 Å². The Bertz CT molecular complexity index is 410. The van der Waals surface area contributed by atoms with Gasteiger partial charge in [0.25, 0.3) is 0 Å². The van der Waals surface area contributed by atoms with Gasteiger partial charge in [-0.15, -0.1) is 0 Å². The number of benzene rings is 1. The summed E-state index contributed by atoms with van der Waals surface area (Å²) < 4.78 is 0. The highest BCUT2D eigenvalue weighted by Gasteiger charge is 2.25. The lowest BCUT2D eigenvalue weighted by Crippen LogP contribution is -2.39. The van der Waals surface area contributed by atoms with E-state index in [2.05, 4.69) is 37.8 Å². The second-order valence-electron chi connectivity index (χ2n) is 6.72. The molecule has 0 bridgehead atoms. The van der Waals surface area contributed by atoms with Gasteiger partial charge in [-0.05, 0) is 31.2 Å². The van der Waals surface area contributed by atoms with Gasteiger partial charge in [0.2, 0.25) is 0 Å². The molecule has 1 aromatic rings. The molecule has 2 nitrogen and oxygen atoms in total. The van der Waals surface area contributed by atoms with Crippen molar-refractivity contribution >= 4 is 0 Å². The Morgan fingerprint density at radius 1 is 1.20 bits per heavy atom. The lowest BCUT2D eigenvalue weighted by molar-refractivity contribution is 0.0796. The highest BCUT2D eigenvalue weighted by atomic mass is 16.3. The second-order valence-corrected chi connectivity index (χ2v) is 6.72. The molecule has 0 spiro atoms. The SMILES string of the molecule is Cc1cccc(C(O)CN(CC(C)C)C2CCCC2)c1. The first-order valence-corrected chi connectivity index (χ1v) is 8.05. The van der Waals surface area contributed by atoms with Crippen molar-refractivity contribution in [2.45, 2.75) is 58.6 Å². The standard InChI is InChI=1S/C18H29NO/c1-14(2)12-19(17-9-4-5-10-17)13-18(20)16-8-6-7-15(3)11-16/h6-8,11,14,17-18,20H,4-5,9-10,12-13H2,1-3H3. The average molecular weight is 275 g/mol. The van der Waals surface area contributed by atoms with E-state index in [-0.39, 0.29) is 6.10 Å². The molecule has 20 heavy (non-hydrogen) atoms. The van der Waals surface area contributed by atoms with E-state index >= 15 is 0 Å². The molecule has 0 radical (unpaired) electrons. The smallest absolute Gasteiger partial charge is 0.0917 e. The fourth-order valence-electron chi connectivity index (χ4n) is 3.32. The highest BCUT2D eigenvalue weighted by Crippen LogP contribution is 2.26. The van der Waals surface area contributed by atoms with E-state index in [1.165, 1.54) is 31.2 Å². The highest BCUT2D eigenvalue weighted by molar-refractivity contribution is 5.24. The minimum absolute atomic E-state index is 0.366. The van der Waals surface area contributed by atoms with Crippen molar-refractivity contribution in [2.75, 3.05) is 13.1 Å². The van der Waals surface area contributed by atoms with Crippen molar-refractivity contribution in [1.82, 2.24) is 4.90 Å². The first-order chi connectivity index (χ1) is 9.56. The van der Waals surface area contributed by atoms with Crippen LogP contribution in [0, 0.1) is 12.8 Å². The summed E-state index contributed by atoms with van der Waals surface area (Å²) in [6, 6.07) is 8.94. The van der Waals surface area contributed by atoms with Crippen molar-refractivity contribution in [3.8, 4) is 0 Å². The maximum absolute atomic E-state index is 10.5. The minimum Gasteiger partial charge on any atom is -0.387 e. The summed E-state index contributed by atoms with van der Waals surface area (Å²) in [5.41, 5.74) is 2.27. The Balaban J connectivity index is 2.02. The van der Waals surface area contributed by atoms with Crippen molar-refractivity contribution < 1.29 is 5.11 Å². The Morgan fingerprint density at radius 2 is 1.90 bits per heavy atom. The second kappa shape index (κ2) is 7.24. The molecule has 1 fully saturated rings. The van der Waals surface area contributed by atoms with E-state index in [1.807, 2.05) is 12.1 Å².